The average Bonchev–Trinajstić information content (AvgIpc) is 2.27. The van der Waals surface area contributed by atoms with E-state index in [9.17, 15) is 0 Å². The van der Waals surface area contributed by atoms with Gasteiger partial charge in [0.15, 0.2) is 0 Å². The van der Waals surface area contributed by atoms with Crippen LogP contribution in [0.5, 0.6) is 5.75 Å². The van der Waals surface area contributed by atoms with Crippen LogP contribution in [-0.2, 0) is 11.3 Å². The van der Waals surface area contributed by atoms with Crippen molar-refractivity contribution >= 4 is 0 Å². The normalized spacial score (nSPS) is 10.9. The Kier molecular flexibility index (Phi) is 5.94. The molecule has 0 aliphatic heterocycles. The van der Waals surface area contributed by atoms with E-state index in [0.29, 0.717) is 19.8 Å². The summed E-state index contributed by atoms with van der Waals surface area (Å²) in [6.07, 6.45) is 0.242. The van der Waals surface area contributed by atoms with E-state index in [-0.39, 0.29) is 6.10 Å². The van der Waals surface area contributed by atoms with Crippen LogP contribution in [0, 0.1) is 6.92 Å². The highest BCUT2D eigenvalue weighted by Gasteiger charge is 2.05. The topological polar surface area (TPSA) is 43.4 Å². The van der Waals surface area contributed by atoms with Crippen LogP contribution in [-0.4, -0.2) is 31.3 Å². The number of nitrogens with zero attached hydrogens (tertiary/aromatic N) is 1. The minimum atomic E-state index is 0.242. The zero-order chi connectivity index (χ0) is 12.7. The van der Waals surface area contributed by atoms with Crippen LogP contribution in [0.1, 0.15) is 25.2 Å². The number of hydrogen-bond acceptors (Lipinski definition) is 4. The van der Waals surface area contributed by atoms with Crippen molar-refractivity contribution in [1.29, 1.82) is 0 Å². The van der Waals surface area contributed by atoms with Crippen molar-refractivity contribution in [2.45, 2.75) is 33.4 Å². The van der Waals surface area contributed by atoms with Gasteiger partial charge in [-0.1, -0.05) is 0 Å². The lowest BCUT2D eigenvalue weighted by atomic mass is 10.3. The second-order valence-electron chi connectivity index (χ2n) is 4.20. The summed E-state index contributed by atoms with van der Waals surface area (Å²) in [5.41, 5.74) is 1.94. The molecule has 1 aromatic heterocycles. The molecular formula is C13H22N2O2. The molecular weight excluding hydrogens is 216 g/mol. The van der Waals surface area contributed by atoms with Crippen LogP contribution in [0.15, 0.2) is 12.1 Å². The Hall–Kier alpha value is -1.13. The number of aryl methyl sites for hydroxylation is 1. The first-order valence-corrected chi connectivity index (χ1v) is 5.99. The SMILES string of the molecule is CNCc1nc(C)ccc1OCCOC(C)C. The maximum Gasteiger partial charge on any atom is 0.142 e. The molecule has 1 aromatic rings. The van der Waals surface area contributed by atoms with Gasteiger partial charge in [0.25, 0.3) is 0 Å². The Bertz CT molecular complexity index is 340. The first-order chi connectivity index (χ1) is 8.13. The molecule has 0 unspecified atom stereocenters. The number of nitrogens with one attached hydrogen (secondary N) is 1. The van der Waals surface area contributed by atoms with Crippen molar-refractivity contribution in [3.63, 3.8) is 0 Å². The highest BCUT2D eigenvalue weighted by atomic mass is 16.5. The summed E-state index contributed by atoms with van der Waals surface area (Å²) in [6.45, 7) is 7.87. The molecule has 1 rings (SSSR count). The number of rotatable bonds is 7. The summed E-state index contributed by atoms with van der Waals surface area (Å²) in [5.74, 6) is 0.831. The molecule has 0 radical (unpaired) electrons. The fourth-order valence-corrected chi connectivity index (χ4v) is 1.46. The fraction of sp³-hybridized carbons (Fsp3) is 0.615. The van der Waals surface area contributed by atoms with E-state index in [1.807, 2.05) is 40.0 Å². The highest BCUT2D eigenvalue weighted by Crippen LogP contribution is 2.16. The highest BCUT2D eigenvalue weighted by molar-refractivity contribution is 5.29. The maximum absolute atomic E-state index is 5.67. The summed E-state index contributed by atoms with van der Waals surface area (Å²) in [7, 11) is 1.90. The zero-order valence-electron chi connectivity index (χ0n) is 11.1. The minimum Gasteiger partial charge on any atom is -0.489 e. The van der Waals surface area contributed by atoms with E-state index in [4.69, 9.17) is 9.47 Å². The largest absolute Gasteiger partial charge is 0.489 e. The van der Waals surface area contributed by atoms with Gasteiger partial charge in [-0.2, -0.15) is 0 Å². The van der Waals surface area contributed by atoms with E-state index in [1.54, 1.807) is 0 Å². The molecule has 0 saturated carbocycles. The van der Waals surface area contributed by atoms with Gasteiger partial charge in [0.2, 0.25) is 0 Å². The third kappa shape index (κ3) is 5.15. The first kappa shape index (κ1) is 13.9. The van der Waals surface area contributed by atoms with Gasteiger partial charge in [0.05, 0.1) is 18.4 Å². The molecule has 0 bridgehead atoms. The standard InChI is InChI=1S/C13H22N2O2/c1-10(2)16-7-8-17-13-6-5-11(3)15-12(13)9-14-4/h5-6,10,14H,7-9H2,1-4H3. The van der Waals surface area contributed by atoms with Crippen LogP contribution in [0.4, 0.5) is 0 Å². The molecule has 0 aliphatic carbocycles. The Morgan fingerprint density at radius 3 is 2.71 bits per heavy atom. The molecule has 1 heterocycles. The molecule has 0 spiro atoms. The number of ether oxygens (including phenoxy) is 2. The summed E-state index contributed by atoms with van der Waals surface area (Å²) in [5, 5.41) is 3.09. The minimum absolute atomic E-state index is 0.242. The molecule has 96 valence electrons. The lowest BCUT2D eigenvalue weighted by Gasteiger charge is -2.12. The molecule has 0 saturated heterocycles. The number of pyridine rings is 1. The number of hydrogen-bond donors (Lipinski definition) is 1. The zero-order valence-corrected chi connectivity index (χ0v) is 11.1. The molecule has 17 heavy (non-hydrogen) atoms. The van der Waals surface area contributed by atoms with Gasteiger partial charge in [-0.25, -0.2) is 0 Å². The summed E-state index contributed by atoms with van der Waals surface area (Å²) in [6, 6.07) is 3.92. The van der Waals surface area contributed by atoms with Gasteiger partial charge >= 0.3 is 0 Å². The van der Waals surface area contributed by atoms with E-state index in [0.717, 1.165) is 17.1 Å². The Labute approximate surface area is 103 Å². The van der Waals surface area contributed by atoms with Crippen molar-refractivity contribution in [1.82, 2.24) is 10.3 Å². The van der Waals surface area contributed by atoms with Gasteiger partial charge in [0.1, 0.15) is 12.4 Å². The van der Waals surface area contributed by atoms with Crippen molar-refractivity contribution < 1.29 is 9.47 Å². The Morgan fingerprint density at radius 2 is 2.06 bits per heavy atom. The molecule has 0 aromatic carbocycles. The van der Waals surface area contributed by atoms with Crippen molar-refractivity contribution in [3.05, 3.63) is 23.5 Å². The van der Waals surface area contributed by atoms with Gasteiger partial charge in [-0.15, -0.1) is 0 Å². The lowest BCUT2D eigenvalue weighted by molar-refractivity contribution is 0.0549. The molecule has 0 atom stereocenters. The monoisotopic (exact) mass is 238 g/mol. The Balaban J connectivity index is 2.51. The van der Waals surface area contributed by atoms with Crippen LogP contribution in [0.3, 0.4) is 0 Å². The third-order valence-corrected chi connectivity index (χ3v) is 2.21. The maximum atomic E-state index is 5.67. The van der Waals surface area contributed by atoms with Crippen LogP contribution >= 0.6 is 0 Å². The fourth-order valence-electron chi connectivity index (χ4n) is 1.46. The van der Waals surface area contributed by atoms with Crippen molar-refractivity contribution in [3.8, 4) is 5.75 Å². The predicted molar refractivity (Wildman–Crippen MR) is 68.3 cm³/mol. The average molecular weight is 238 g/mol. The quantitative estimate of drug-likeness (QED) is 0.737. The van der Waals surface area contributed by atoms with Gasteiger partial charge < -0.3 is 14.8 Å². The molecule has 0 aliphatic rings. The van der Waals surface area contributed by atoms with Crippen molar-refractivity contribution in [2.24, 2.45) is 0 Å². The van der Waals surface area contributed by atoms with E-state index in [1.165, 1.54) is 0 Å². The number of aromatic nitrogens is 1. The second-order valence-corrected chi connectivity index (χ2v) is 4.20. The van der Waals surface area contributed by atoms with Crippen LogP contribution in [0.2, 0.25) is 0 Å². The summed E-state index contributed by atoms with van der Waals surface area (Å²) in [4.78, 5) is 4.45. The van der Waals surface area contributed by atoms with Gasteiger partial charge in [-0.3, -0.25) is 4.98 Å². The summed E-state index contributed by atoms with van der Waals surface area (Å²) < 4.78 is 11.1. The molecule has 1 N–H and O–H groups in total. The van der Waals surface area contributed by atoms with E-state index in [2.05, 4.69) is 10.3 Å². The van der Waals surface area contributed by atoms with Gasteiger partial charge in [0, 0.05) is 12.2 Å². The van der Waals surface area contributed by atoms with Gasteiger partial charge in [-0.05, 0) is 40.0 Å². The molecule has 0 amide bonds. The van der Waals surface area contributed by atoms with E-state index >= 15 is 0 Å². The van der Waals surface area contributed by atoms with Crippen LogP contribution in [0.25, 0.3) is 0 Å². The summed E-state index contributed by atoms with van der Waals surface area (Å²) >= 11 is 0. The molecule has 4 nitrogen and oxygen atoms in total. The molecule has 4 heteroatoms. The lowest BCUT2D eigenvalue weighted by Crippen LogP contribution is -2.14. The predicted octanol–water partition coefficient (Wildman–Crippen LogP) is 1.91. The smallest absolute Gasteiger partial charge is 0.142 e. The molecule has 0 fully saturated rings. The Morgan fingerprint density at radius 1 is 1.29 bits per heavy atom. The van der Waals surface area contributed by atoms with Crippen molar-refractivity contribution in [2.75, 3.05) is 20.3 Å². The van der Waals surface area contributed by atoms with Crippen LogP contribution < -0.4 is 10.1 Å². The van der Waals surface area contributed by atoms with E-state index < -0.39 is 0 Å². The second kappa shape index (κ2) is 7.25. The third-order valence-electron chi connectivity index (χ3n) is 2.21. The first-order valence-electron chi connectivity index (χ1n) is 5.99.